The number of rotatable bonds is 20. The Hall–Kier alpha value is -4.94. The summed E-state index contributed by atoms with van der Waals surface area (Å²) in [6, 6.07) is 54.6. The number of carbonyl (C=O) groups excluding carboxylic acids is 1. The zero-order chi connectivity index (χ0) is 66.1. The highest BCUT2D eigenvalue weighted by Gasteiger charge is 2.30. The number of carbonyl (C=O) groups is 1. The lowest BCUT2D eigenvalue weighted by Crippen LogP contribution is -2.46. The van der Waals surface area contributed by atoms with Crippen LogP contribution in [0.15, 0.2) is 167 Å². The molecule has 7 aromatic rings. The van der Waals surface area contributed by atoms with Crippen molar-refractivity contribution in [2.45, 2.75) is 140 Å². The number of benzene rings is 6. The van der Waals surface area contributed by atoms with Crippen LogP contribution in [-0.2, 0) is 42.0 Å². The molecular formula is C78H113N6O5S4+. The molecule has 0 bridgehead atoms. The van der Waals surface area contributed by atoms with Crippen LogP contribution >= 0.6 is 10.5 Å². The molecule has 0 aliphatic carbocycles. The van der Waals surface area contributed by atoms with E-state index in [1.165, 1.54) is 144 Å². The molecule has 0 radical (unpaired) electrons. The van der Waals surface area contributed by atoms with Crippen LogP contribution in [0.4, 0.5) is 5.69 Å². The van der Waals surface area contributed by atoms with Gasteiger partial charge >= 0.3 is 0 Å². The summed E-state index contributed by atoms with van der Waals surface area (Å²) in [6.45, 7) is 27.4. The van der Waals surface area contributed by atoms with Crippen molar-refractivity contribution < 1.29 is 23.1 Å². The Balaban J connectivity index is 0.000000161. The molecule has 0 saturated carbocycles. The van der Waals surface area contributed by atoms with Crippen molar-refractivity contribution in [3.8, 4) is 10.6 Å². The second kappa shape index (κ2) is 41.2. The number of nitrogens with zero attached hydrogens (tertiary/aromatic N) is 5. The predicted molar refractivity (Wildman–Crippen MR) is 403 cm³/mol. The maximum atomic E-state index is 11.5. The molecule has 1 aromatic heterocycles. The molecule has 5 saturated heterocycles. The molecule has 5 aliphatic heterocycles. The molecule has 1 atom stereocenters. The molecule has 12 rings (SSSR count). The van der Waals surface area contributed by atoms with Crippen LogP contribution < -0.4 is 20.1 Å². The van der Waals surface area contributed by atoms with E-state index in [0.29, 0.717) is 34.8 Å². The Morgan fingerprint density at radius 2 is 1.16 bits per heavy atom. The Morgan fingerprint density at radius 1 is 0.602 bits per heavy atom. The lowest BCUT2D eigenvalue weighted by atomic mass is 9.87. The zero-order valence-corrected chi connectivity index (χ0v) is 60.9. The smallest absolute Gasteiger partial charge is 0.186 e. The van der Waals surface area contributed by atoms with Crippen LogP contribution in [0.5, 0.6) is 5.75 Å². The number of ether oxygens (including phenoxy) is 1. The monoisotopic (exact) mass is 1340 g/mol. The first kappa shape index (κ1) is 75.4. The third-order valence-corrected chi connectivity index (χ3v) is 26.4. The molecule has 11 nitrogen and oxygen atoms in total. The summed E-state index contributed by atoms with van der Waals surface area (Å²) < 4.78 is 34.1. The second-order valence-electron chi connectivity index (χ2n) is 26.1. The number of piperidine rings is 1. The molecule has 5 fully saturated rings. The van der Waals surface area contributed by atoms with Crippen LogP contribution in [0.1, 0.15) is 131 Å². The molecule has 0 amide bonds. The first-order chi connectivity index (χ1) is 45.2. The zero-order valence-electron chi connectivity index (χ0n) is 57.6. The SMILES string of the molecule is CC(C)(C)c1ccc([S+]2CCCC2)cc1.CCCCCN1CCN(C)CC1.CCCCOc1ccc([S+]2CCCC2)c2ccccc12.CC[N-]S(=O)(=O)CCCCN1CCN(c2ccccc2)CC1.O=C([O-])C1CCNCC1.c1ccc(-[s+]2ccc3ccccc32)cc1. The van der Waals surface area contributed by atoms with Gasteiger partial charge in [0.15, 0.2) is 19.4 Å². The molecule has 6 heterocycles. The highest BCUT2D eigenvalue weighted by molar-refractivity contribution is 7.97. The highest BCUT2D eigenvalue weighted by Crippen LogP contribution is 2.39. The van der Waals surface area contributed by atoms with Crippen molar-refractivity contribution >= 4 is 74.8 Å². The van der Waals surface area contributed by atoms with Crippen molar-refractivity contribution in [1.29, 1.82) is 0 Å². The number of aliphatic carboxylic acids is 1. The summed E-state index contributed by atoms with van der Waals surface area (Å²) in [7, 11) is 0.222. The minimum atomic E-state index is -3.18. The number of hydrogen-bond donors (Lipinski definition) is 1. The first-order valence-corrected chi connectivity index (χ1v) is 41.1. The number of para-hydroxylation sites is 1. The van der Waals surface area contributed by atoms with E-state index in [2.05, 4.69) is 222 Å². The number of piperazine rings is 2. The molecule has 93 heavy (non-hydrogen) atoms. The van der Waals surface area contributed by atoms with Crippen LogP contribution in [0.3, 0.4) is 0 Å². The van der Waals surface area contributed by atoms with Gasteiger partial charge in [-0.2, -0.15) is 0 Å². The van der Waals surface area contributed by atoms with Crippen molar-refractivity contribution in [1.82, 2.24) is 20.0 Å². The summed E-state index contributed by atoms with van der Waals surface area (Å²) in [5.41, 5.74) is 3.03. The molecule has 15 heteroatoms. The highest BCUT2D eigenvalue weighted by atomic mass is 32.2. The first-order valence-electron chi connectivity index (χ1n) is 35.1. The van der Waals surface area contributed by atoms with Gasteiger partial charge in [0.05, 0.1) is 16.6 Å². The average molecular weight is 1340 g/mol. The minimum absolute atomic E-state index is 0.154. The normalized spacial score (nSPS) is 17.2. The van der Waals surface area contributed by atoms with E-state index in [1.54, 1.807) is 16.7 Å². The molecule has 5 aliphatic rings. The Bertz CT molecular complexity index is 3270. The number of fused-ring (bicyclic) bond motifs is 2. The van der Waals surface area contributed by atoms with Crippen molar-refractivity contribution in [2.24, 2.45) is 5.92 Å². The Morgan fingerprint density at radius 3 is 1.75 bits per heavy atom. The standard InChI is InChI=1S/C18H23OS.C16H26N3O2S.C14H11S.C14H21S.C10H22N2.C6H11NO2/c1-2-3-12-19-17-10-11-18(20-13-6-7-14-20)16-9-5-4-8-15(16)17;1-2-17-22(20,21)15-7-6-10-18-11-13-19(14-12-18)16-8-4-3-5-9-16;1-2-7-13(8-3-1)15-11-10-12-6-4-5-9-14(12)15;1-14(2,3)12-6-8-13(9-7-12)15-10-4-5-11-15;1-3-4-5-6-12-9-7-11(2)8-10-12;8-6(9)5-1-3-7-4-2-5/h4-5,8-11H,2-3,6-7,12-14H2,1H3;3-5,8-9H,2,6-7,10-15H2,1H3;1-11H;6-9H,4-5,10-11H2,1-3H3;3-10H2,1-2H3;5,7H,1-4H2,(H,8,9)/q+1;-1;2*+1;;/p-1. The van der Waals surface area contributed by atoms with E-state index in [9.17, 15) is 18.3 Å². The van der Waals surface area contributed by atoms with Crippen molar-refractivity contribution in [3.63, 3.8) is 0 Å². The lowest BCUT2D eigenvalue weighted by molar-refractivity contribution is -0.312. The number of carboxylic acids is 1. The average Bonchev–Trinajstić information content (AvgIpc) is 2.10. The molecule has 0 spiro atoms. The fourth-order valence-electron chi connectivity index (χ4n) is 12.1. The number of likely N-dealkylation sites (N-methyl/N-ethyl adjacent to an activating group) is 1. The number of thiophene rings is 1. The van der Waals surface area contributed by atoms with E-state index in [1.807, 2.05) is 6.07 Å². The molecule has 508 valence electrons. The summed E-state index contributed by atoms with van der Waals surface area (Å²) in [5, 5.41) is 19.7. The van der Waals surface area contributed by atoms with Gasteiger partial charge in [0, 0.05) is 130 Å². The Labute approximate surface area is 570 Å². The number of unbranched alkanes of at least 4 members (excludes halogenated alkanes) is 4. The third-order valence-electron chi connectivity index (χ3n) is 17.9. The van der Waals surface area contributed by atoms with Gasteiger partial charge in [-0.1, -0.05) is 140 Å². The van der Waals surface area contributed by atoms with E-state index in [0.717, 1.165) is 83.9 Å². The number of anilines is 1. The summed E-state index contributed by atoms with van der Waals surface area (Å²) in [6.07, 6.45) is 15.2. The molecule has 1 unspecified atom stereocenters. The van der Waals surface area contributed by atoms with Gasteiger partial charge in [-0.15, -0.1) is 6.54 Å². The van der Waals surface area contributed by atoms with E-state index >= 15 is 0 Å². The van der Waals surface area contributed by atoms with Crippen molar-refractivity contribution in [2.75, 3.05) is 132 Å². The van der Waals surface area contributed by atoms with Crippen LogP contribution in [0, 0.1) is 5.92 Å². The second-order valence-corrected chi connectivity index (χ2v) is 34.3. The molecular weight excluding hydrogens is 1230 g/mol. The number of carboxylic acid groups (broad SMARTS) is 1. The van der Waals surface area contributed by atoms with Gasteiger partial charge in [0.25, 0.3) is 0 Å². The van der Waals surface area contributed by atoms with E-state index in [4.69, 9.17) is 4.74 Å². The van der Waals surface area contributed by atoms with Gasteiger partial charge in [-0.25, -0.2) is 8.42 Å². The lowest BCUT2D eigenvalue weighted by Gasteiger charge is -2.36. The predicted octanol–water partition coefficient (Wildman–Crippen LogP) is 15.6. The summed E-state index contributed by atoms with van der Waals surface area (Å²) in [5.74, 6) is 5.75. The van der Waals surface area contributed by atoms with E-state index < -0.39 is 16.0 Å². The largest absolute Gasteiger partial charge is 0.550 e. The summed E-state index contributed by atoms with van der Waals surface area (Å²) in [4.78, 5) is 24.6. The summed E-state index contributed by atoms with van der Waals surface area (Å²) >= 11 is 0. The topological polar surface area (TPSA) is 123 Å². The maximum Gasteiger partial charge on any atom is 0.186 e. The van der Waals surface area contributed by atoms with Crippen molar-refractivity contribution in [3.05, 3.63) is 167 Å². The van der Waals surface area contributed by atoms with Gasteiger partial charge in [-0.05, 0) is 175 Å². The fourth-order valence-corrected chi connectivity index (χ4v) is 19.9. The quantitative estimate of drug-likeness (QED) is 0.0583. The maximum absolute atomic E-state index is 11.5. The van der Waals surface area contributed by atoms with Crippen LogP contribution in [0.2, 0.25) is 0 Å². The minimum Gasteiger partial charge on any atom is -0.550 e. The number of nitrogens with one attached hydrogen (secondary N) is 1. The molecule has 1 N–H and O–H groups in total. The Kier molecular flexibility index (Phi) is 33.4. The van der Waals surface area contributed by atoms with Crippen LogP contribution in [0.25, 0.3) is 30.5 Å². The van der Waals surface area contributed by atoms with E-state index in [-0.39, 0.29) is 27.6 Å². The fraction of sp³-hybridized carbons (Fsp3) is 0.526. The molecule has 6 aromatic carbocycles. The van der Waals surface area contributed by atoms with Gasteiger partial charge in [0.1, 0.15) is 34.1 Å². The van der Waals surface area contributed by atoms with Gasteiger partial charge < -0.3 is 39.4 Å². The van der Waals surface area contributed by atoms with Gasteiger partial charge in [0.2, 0.25) is 0 Å². The number of hydrogen-bond acceptors (Lipinski definition) is 10. The number of sulfonamides is 1. The van der Waals surface area contributed by atoms with Crippen LogP contribution in [-0.4, -0.2) is 157 Å². The van der Waals surface area contributed by atoms with Gasteiger partial charge in [-0.3, -0.25) is 4.90 Å². The third kappa shape index (κ3) is 26.2.